The molecule has 1 heterocycles. The zero-order valence-corrected chi connectivity index (χ0v) is 21.9. The number of unbranched alkanes of at least 4 members (excludes halogenated alkanes) is 2. The van der Waals surface area contributed by atoms with E-state index in [4.69, 9.17) is 9.72 Å². The number of ether oxygens (including phenoxy) is 1. The number of nitrogens with zero attached hydrogens (tertiary/aromatic N) is 3. The van der Waals surface area contributed by atoms with Gasteiger partial charge in [-0.3, -0.25) is 9.59 Å². The number of rotatable bonds is 14. The van der Waals surface area contributed by atoms with Gasteiger partial charge in [-0.05, 0) is 56.9 Å². The Labute approximate surface area is 213 Å². The van der Waals surface area contributed by atoms with E-state index in [1.807, 2.05) is 77.9 Å². The average Bonchev–Trinajstić information content (AvgIpc) is 3.21. The van der Waals surface area contributed by atoms with Gasteiger partial charge in [-0.2, -0.15) is 0 Å². The third kappa shape index (κ3) is 7.85. The van der Waals surface area contributed by atoms with E-state index >= 15 is 0 Å². The Bertz CT molecular complexity index is 1080. The molecule has 188 valence electrons. The quantitative estimate of drug-likeness (QED) is 0.146. The lowest BCUT2D eigenvalue weighted by atomic mass is 10.2. The van der Waals surface area contributed by atoms with Crippen molar-refractivity contribution in [2.24, 2.45) is 0 Å². The SMILES string of the molecule is CCCCN(C(=O)CCCCSc1nc2ccccc2n1CC(=O)OC(C)CC)c1ccccc1. The van der Waals surface area contributed by atoms with Gasteiger partial charge in [0, 0.05) is 24.4 Å². The van der Waals surface area contributed by atoms with E-state index in [1.165, 1.54) is 0 Å². The van der Waals surface area contributed by atoms with Crippen LogP contribution in [-0.4, -0.2) is 39.8 Å². The number of benzene rings is 2. The molecule has 1 amide bonds. The van der Waals surface area contributed by atoms with Crippen LogP contribution in [0.4, 0.5) is 5.69 Å². The lowest BCUT2D eigenvalue weighted by molar-refractivity contribution is -0.149. The smallest absolute Gasteiger partial charge is 0.326 e. The highest BCUT2D eigenvalue weighted by molar-refractivity contribution is 7.99. The predicted molar refractivity (Wildman–Crippen MR) is 144 cm³/mol. The van der Waals surface area contributed by atoms with Gasteiger partial charge in [0.2, 0.25) is 5.91 Å². The summed E-state index contributed by atoms with van der Waals surface area (Å²) in [5.74, 6) is 0.759. The Balaban J connectivity index is 1.56. The van der Waals surface area contributed by atoms with Gasteiger partial charge < -0.3 is 14.2 Å². The second-order valence-electron chi connectivity index (χ2n) is 8.72. The number of hydrogen-bond acceptors (Lipinski definition) is 5. The number of amides is 1. The van der Waals surface area contributed by atoms with Crippen LogP contribution in [-0.2, 0) is 20.9 Å². The van der Waals surface area contributed by atoms with Gasteiger partial charge in [-0.15, -0.1) is 0 Å². The number of fused-ring (bicyclic) bond motifs is 1. The molecule has 1 atom stereocenters. The molecular formula is C28H37N3O3S. The average molecular weight is 496 g/mol. The maximum Gasteiger partial charge on any atom is 0.326 e. The van der Waals surface area contributed by atoms with Crippen LogP contribution in [0.1, 0.15) is 59.3 Å². The van der Waals surface area contributed by atoms with Crippen molar-refractivity contribution < 1.29 is 14.3 Å². The fourth-order valence-electron chi connectivity index (χ4n) is 3.79. The first-order valence-electron chi connectivity index (χ1n) is 12.7. The van der Waals surface area contributed by atoms with Gasteiger partial charge in [0.05, 0.1) is 17.1 Å². The normalized spacial score (nSPS) is 12.0. The van der Waals surface area contributed by atoms with E-state index < -0.39 is 0 Å². The topological polar surface area (TPSA) is 64.4 Å². The summed E-state index contributed by atoms with van der Waals surface area (Å²) in [5.41, 5.74) is 2.77. The molecule has 3 rings (SSSR count). The van der Waals surface area contributed by atoms with E-state index in [-0.39, 0.29) is 24.5 Å². The second kappa shape index (κ2) is 13.9. The minimum Gasteiger partial charge on any atom is -0.461 e. The number of para-hydroxylation sites is 3. The molecule has 7 heteroatoms. The fraction of sp³-hybridized carbons (Fsp3) is 0.464. The number of aromatic nitrogens is 2. The lowest BCUT2D eigenvalue weighted by Gasteiger charge is -2.22. The van der Waals surface area contributed by atoms with Gasteiger partial charge in [0.1, 0.15) is 6.54 Å². The Morgan fingerprint density at radius 2 is 1.77 bits per heavy atom. The standard InChI is InChI=1S/C28H37N3O3S/c1-4-6-19-30(23-14-8-7-9-15-23)26(32)18-12-13-20-35-28-29-24-16-10-11-17-25(24)31(28)21-27(33)34-22(3)5-2/h7-11,14-17,22H,4-6,12-13,18-21H2,1-3H3. The summed E-state index contributed by atoms with van der Waals surface area (Å²) >= 11 is 1.63. The fourth-order valence-corrected chi connectivity index (χ4v) is 4.80. The Kier molecular flexibility index (Phi) is 10.7. The molecule has 35 heavy (non-hydrogen) atoms. The molecule has 0 saturated carbocycles. The van der Waals surface area contributed by atoms with Crippen molar-refractivity contribution in [1.82, 2.24) is 9.55 Å². The van der Waals surface area contributed by atoms with Crippen molar-refractivity contribution in [3.63, 3.8) is 0 Å². The summed E-state index contributed by atoms with van der Waals surface area (Å²) < 4.78 is 7.44. The van der Waals surface area contributed by atoms with Crippen molar-refractivity contribution in [1.29, 1.82) is 0 Å². The molecule has 1 aromatic heterocycles. The summed E-state index contributed by atoms with van der Waals surface area (Å²) in [6.45, 7) is 6.95. The molecule has 0 bridgehead atoms. The number of hydrogen-bond donors (Lipinski definition) is 0. The number of imidazole rings is 1. The molecule has 0 spiro atoms. The van der Waals surface area contributed by atoms with Crippen molar-refractivity contribution in [2.45, 2.75) is 77.1 Å². The number of carbonyl (C=O) groups is 2. The monoisotopic (exact) mass is 495 g/mol. The molecule has 2 aromatic carbocycles. The van der Waals surface area contributed by atoms with E-state index in [0.717, 1.165) is 66.3 Å². The predicted octanol–water partition coefficient (Wildman–Crippen LogP) is 6.47. The molecule has 0 N–H and O–H groups in total. The van der Waals surface area contributed by atoms with Gasteiger partial charge in [0.25, 0.3) is 0 Å². The summed E-state index contributed by atoms with van der Waals surface area (Å²) in [5, 5.41) is 0.812. The van der Waals surface area contributed by atoms with Crippen molar-refractivity contribution in [3.8, 4) is 0 Å². The molecule has 0 aliphatic rings. The van der Waals surface area contributed by atoms with Crippen LogP contribution in [0.5, 0.6) is 0 Å². The maximum atomic E-state index is 12.9. The van der Waals surface area contributed by atoms with Crippen molar-refractivity contribution in [3.05, 3.63) is 54.6 Å². The molecule has 0 saturated heterocycles. The summed E-state index contributed by atoms with van der Waals surface area (Å²) in [4.78, 5) is 32.1. The molecule has 0 radical (unpaired) electrons. The zero-order chi connectivity index (χ0) is 25.0. The van der Waals surface area contributed by atoms with Gasteiger partial charge >= 0.3 is 5.97 Å². The first-order chi connectivity index (χ1) is 17.0. The van der Waals surface area contributed by atoms with Crippen molar-refractivity contribution in [2.75, 3.05) is 17.2 Å². The highest BCUT2D eigenvalue weighted by Gasteiger charge is 2.17. The summed E-state index contributed by atoms with van der Waals surface area (Å²) in [7, 11) is 0. The van der Waals surface area contributed by atoms with Gasteiger partial charge in [-0.1, -0.05) is 62.4 Å². The van der Waals surface area contributed by atoms with Crippen LogP contribution < -0.4 is 4.90 Å². The van der Waals surface area contributed by atoms with Gasteiger partial charge in [-0.25, -0.2) is 4.98 Å². The number of anilines is 1. The Morgan fingerprint density at radius 3 is 2.51 bits per heavy atom. The first-order valence-corrected chi connectivity index (χ1v) is 13.6. The van der Waals surface area contributed by atoms with E-state index in [1.54, 1.807) is 11.8 Å². The van der Waals surface area contributed by atoms with E-state index in [2.05, 4.69) is 6.92 Å². The third-order valence-corrected chi connectivity index (χ3v) is 7.00. The third-order valence-electron chi connectivity index (χ3n) is 5.93. The lowest BCUT2D eigenvalue weighted by Crippen LogP contribution is -2.31. The second-order valence-corrected chi connectivity index (χ2v) is 9.78. The molecule has 0 aliphatic heterocycles. The zero-order valence-electron chi connectivity index (χ0n) is 21.1. The Morgan fingerprint density at radius 1 is 1.03 bits per heavy atom. The highest BCUT2D eigenvalue weighted by Crippen LogP contribution is 2.25. The number of thioether (sulfide) groups is 1. The molecular weight excluding hydrogens is 458 g/mol. The Hall–Kier alpha value is -2.80. The summed E-state index contributed by atoms with van der Waals surface area (Å²) in [6, 6.07) is 17.8. The van der Waals surface area contributed by atoms with Crippen LogP contribution in [0.15, 0.2) is 59.8 Å². The molecule has 3 aromatic rings. The van der Waals surface area contributed by atoms with Crippen LogP contribution in [0, 0.1) is 0 Å². The molecule has 1 unspecified atom stereocenters. The molecule has 0 fully saturated rings. The minimum atomic E-state index is -0.247. The largest absolute Gasteiger partial charge is 0.461 e. The molecule has 6 nitrogen and oxygen atoms in total. The summed E-state index contributed by atoms with van der Waals surface area (Å²) in [6.07, 6.45) is 4.97. The van der Waals surface area contributed by atoms with Crippen LogP contribution >= 0.6 is 11.8 Å². The number of carbonyl (C=O) groups excluding carboxylic acids is 2. The maximum absolute atomic E-state index is 12.9. The minimum absolute atomic E-state index is 0.0984. The van der Waals surface area contributed by atoms with Crippen LogP contribution in [0.2, 0.25) is 0 Å². The molecule has 0 aliphatic carbocycles. The van der Waals surface area contributed by atoms with E-state index in [0.29, 0.717) is 6.42 Å². The highest BCUT2D eigenvalue weighted by atomic mass is 32.2. The van der Waals surface area contributed by atoms with Crippen molar-refractivity contribution >= 4 is 40.4 Å². The van der Waals surface area contributed by atoms with E-state index in [9.17, 15) is 9.59 Å². The van der Waals surface area contributed by atoms with Gasteiger partial charge in [0.15, 0.2) is 5.16 Å². The first kappa shape index (κ1) is 26.8. The van der Waals surface area contributed by atoms with Crippen LogP contribution in [0.25, 0.3) is 11.0 Å². The number of esters is 1. The van der Waals surface area contributed by atoms with Crippen LogP contribution in [0.3, 0.4) is 0 Å².